The van der Waals surface area contributed by atoms with Gasteiger partial charge in [0.25, 0.3) is 0 Å². The first-order valence-corrected chi connectivity index (χ1v) is 9.19. The Morgan fingerprint density at radius 3 is 2.54 bits per heavy atom. The number of piperidine rings is 1. The number of carbonyl (C=O) groups is 1. The van der Waals surface area contributed by atoms with E-state index in [1.165, 1.54) is 12.1 Å². The summed E-state index contributed by atoms with van der Waals surface area (Å²) in [6, 6.07) is 6.67. The van der Waals surface area contributed by atoms with Crippen LogP contribution < -0.4 is 5.32 Å². The molecule has 1 amide bonds. The lowest BCUT2D eigenvalue weighted by molar-refractivity contribution is -0.137. The smallest absolute Gasteiger partial charge is 0.239 e. The summed E-state index contributed by atoms with van der Waals surface area (Å²) in [6.07, 6.45) is 3.21. The minimum absolute atomic E-state index is 0.00408. The van der Waals surface area contributed by atoms with Crippen LogP contribution in [0.1, 0.15) is 24.8 Å². The van der Waals surface area contributed by atoms with Crippen molar-refractivity contribution in [3.63, 3.8) is 0 Å². The third kappa shape index (κ3) is 3.20. The maximum Gasteiger partial charge on any atom is 0.239 e. The summed E-state index contributed by atoms with van der Waals surface area (Å²) in [5, 5.41) is 3.43. The van der Waals surface area contributed by atoms with Gasteiger partial charge in [-0.2, -0.15) is 0 Å². The van der Waals surface area contributed by atoms with Crippen LogP contribution in [0.3, 0.4) is 0 Å². The average Bonchev–Trinajstić information content (AvgIpc) is 3.19. The SMILES string of the molecule is O=C(C1CCCCN1Cc1ccc(F)cc1)N1C[C@H]2CNC[C@H]2C1. The van der Waals surface area contributed by atoms with E-state index in [1.54, 1.807) is 0 Å². The second-order valence-electron chi connectivity index (χ2n) is 7.53. The van der Waals surface area contributed by atoms with Gasteiger partial charge in [0.05, 0.1) is 6.04 Å². The van der Waals surface area contributed by atoms with E-state index in [0.29, 0.717) is 17.7 Å². The van der Waals surface area contributed by atoms with Crippen LogP contribution in [0.25, 0.3) is 0 Å². The maximum absolute atomic E-state index is 13.1. The van der Waals surface area contributed by atoms with E-state index in [2.05, 4.69) is 15.1 Å². The fourth-order valence-corrected chi connectivity index (χ4v) is 4.53. The van der Waals surface area contributed by atoms with Gasteiger partial charge >= 0.3 is 0 Å². The van der Waals surface area contributed by atoms with E-state index >= 15 is 0 Å². The molecule has 0 aromatic heterocycles. The van der Waals surface area contributed by atoms with Gasteiger partial charge in [-0.3, -0.25) is 9.69 Å². The van der Waals surface area contributed by atoms with Gasteiger partial charge in [-0.1, -0.05) is 18.6 Å². The number of amides is 1. The standard InChI is InChI=1S/C19H26FN3O/c20-17-6-4-14(5-7-17)11-22-8-2-1-3-18(22)19(24)23-12-15-9-21-10-16(15)13-23/h4-7,15-16,18,21H,1-3,8-13H2/t15-,16+,18?. The summed E-state index contributed by atoms with van der Waals surface area (Å²) in [7, 11) is 0. The Labute approximate surface area is 143 Å². The molecule has 0 saturated carbocycles. The Bertz CT molecular complexity index is 579. The van der Waals surface area contributed by atoms with Gasteiger partial charge in [0.2, 0.25) is 5.91 Å². The molecule has 0 bridgehead atoms. The molecule has 3 aliphatic rings. The zero-order valence-corrected chi connectivity index (χ0v) is 14.1. The minimum atomic E-state index is -0.206. The van der Waals surface area contributed by atoms with Crippen LogP contribution in [0.5, 0.6) is 0 Å². The molecule has 130 valence electrons. The molecule has 1 N–H and O–H groups in total. The van der Waals surface area contributed by atoms with Crippen LogP contribution in [-0.4, -0.2) is 54.5 Å². The van der Waals surface area contributed by atoms with Gasteiger partial charge in [-0.25, -0.2) is 4.39 Å². The molecular formula is C19H26FN3O. The van der Waals surface area contributed by atoms with Crippen LogP contribution >= 0.6 is 0 Å². The first-order valence-electron chi connectivity index (χ1n) is 9.19. The molecule has 4 rings (SSSR count). The normalized spacial score (nSPS) is 30.5. The number of halogens is 1. The first kappa shape index (κ1) is 16.0. The Morgan fingerprint density at radius 1 is 1.12 bits per heavy atom. The zero-order chi connectivity index (χ0) is 16.5. The number of nitrogens with one attached hydrogen (secondary N) is 1. The molecule has 24 heavy (non-hydrogen) atoms. The molecule has 4 nitrogen and oxygen atoms in total. The summed E-state index contributed by atoms with van der Waals surface area (Å²) in [6.45, 7) is 5.63. The number of hydrogen-bond donors (Lipinski definition) is 1. The summed E-state index contributed by atoms with van der Waals surface area (Å²) >= 11 is 0. The lowest BCUT2D eigenvalue weighted by Crippen LogP contribution is -2.50. The van der Waals surface area contributed by atoms with Crippen LogP contribution in [-0.2, 0) is 11.3 Å². The topological polar surface area (TPSA) is 35.6 Å². The number of rotatable bonds is 3. The highest BCUT2D eigenvalue weighted by Crippen LogP contribution is 2.29. The highest BCUT2D eigenvalue weighted by molar-refractivity contribution is 5.82. The molecule has 0 radical (unpaired) electrons. The number of nitrogens with zero attached hydrogens (tertiary/aromatic N) is 2. The highest BCUT2D eigenvalue weighted by atomic mass is 19.1. The van der Waals surface area contributed by atoms with Crippen molar-refractivity contribution in [1.29, 1.82) is 0 Å². The van der Waals surface area contributed by atoms with Crippen molar-refractivity contribution < 1.29 is 9.18 Å². The monoisotopic (exact) mass is 331 g/mol. The molecule has 3 heterocycles. The van der Waals surface area contributed by atoms with Crippen LogP contribution in [0, 0.1) is 17.7 Å². The number of fused-ring (bicyclic) bond motifs is 1. The second kappa shape index (κ2) is 6.81. The van der Waals surface area contributed by atoms with Crippen LogP contribution in [0.15, 0.2) is 24.3 Å². The van der Waals surface area contributed by atoms with Gasteiger partial charge < -0.3 is 10.2 Å². The quantitative estimate of drug-likeness (QED) is 0.918. The Kier molecular flexibility index (Phi) is 4.55. The van der Waals surface area contributed by atoms with Gasteiger partial charge in [0, 0.05) is 32.7 Å². The minimum Gasteiger partial charge on any atom is -0.341 e. The van der Waals surface area contributed by atoms with E-state index in [-0.39, 0.29) is 11.9 Å². The van der Waals surface area contributed by atoms with Gasteiger partial charge in [0.1, 0.15) is 5.82 Å². The number of carbonyl (C=O) groups excluding carboxylic acids is 1. The van der Waals surface area contributed by atoms with Gasteiger partial charge in [-0.15, -0.1) is 0 Å². The number of likely N-dealkylation sites (tertiary alicyclic amines) is 2. The van der Waals surface area contributed by atoms with E-state index in [1.807, 2.05) is 12.1 Å². The second-order valence-corrected chi connectivity index (χ2v) is 7.53. The maximum atomic E-state index is 13.1. The van der Waals surface area contributed by atoms with E-state index in [4.69, 9.17) is 0 Å². The summed E-state index contributed by atoms with van der Waals surface area (Å²) in [5.74, 6) is 1.39. The average molecular weight is 331 g/mol. The van der Waals surface area contributed by atoms with Crippen LogP contribution in [0.4, 0.5) is 4.39 Å². The van der Waals surface area contributed by atoms with Crippen LogP contribution in [0.2, 0.25) is 0 Å². The molecule has 3 aliphatic heterocycles. The van der Waals surface area contributed by atoms with E-state index < -0.39 is 0 Å². The number of hydrogen-bond acceptors (Lipinski definition) is 3. The molecule has 3 atom stereocenters. The zero-order valence-electron chi connectivity index (χ0n) is 14.1. The van der Waals surface area contributed by atoms with Gasteiger partial charge in [-0.05, 0) is 48.9 Å². The predicted molar refractivity (Wildman–Crippen MR) is 90.9 cm³/mol. The van der Waals surface area contributed by atoms with Crippen molar-refractivity contribution in [3.8, 4) is 0 Å². The van der Waals surface area contributed by atoms with Crippen molar-refractivity contribution in [1.82, 2.24) is 15.1 Å². The fraction of sp³-hybridized carbons (Fsp3) is 0.632. The van der Waals surface area contributed by atoms with Gasteiger partial charge in [0.15, 0.2) is 0 Å². The molecule has 5 heteroatoms. The third-order valence-electron chi connectivity index (χ3n) is 5.90. The largest absolute Gasteiger partial charge is 0.341 e. The molecule has 1 aromatic rings. The summed E-state index contributed by atoms with van der Waals surface area (Å²) in [4.78, 5) is 17.5. The molecule has 0 aliphatic carbocycles. The third-order valence-corrected chi connectivity index (χ3v) is 5.90. The number of benzene rings is 1. The van der Waals surface area contributed by atoms with E-state index in [9.17, 15) is 9.18 Å². The van der Waals surface area contributed by atoms with Crippen molar-refractivity contribution in [2.75, 3.05) is 32.7 Å². The molecule has 1 aromatic carbocycles. The lowest BCUT2D eigenvalue weighted by Gasteiger charge is -2.37. The van der Waals surface area contributed by atoms with Crippen molar-refractivity contribution >= 4 is 5.91 Å². The van der Waals surface area contributed by atoms with E-state index in [0.717, 1.165) is 64.1 Å². The van der Waals surface area contributed by atoms with Crippen molar-refractivity contribution in [3.05, 3.63) is 35.6 Å². The first-order chi connectivity index (χ1) is 11.7. The van der Waals surface area contributed by atoms with Crippen molar-refractivity contribution in [2.24, 2.45) is 11.8 Å². The Morgan fingerprint density at radius 2 is 1.83 bits per heavy atom. The highest BCUT2D eigenvalue weighted by Gasteiger charge is 2.41. The Balaban J connectivity index is 1.43. The lowest BCUT2D eigenvalue weighted by atomic mass is 10.00. The summed E-state index contributed by atoms with van der Waals surface area (Å²) < 4.78 is 13.1. The molecule has 1 unspecified atom stereocenters. The summed E-state index contributed by atoms with van der Waals surface area (Å²) in [5.41, 5.74) is 1.08. The predicted octanol–water partition coefficient (Wildman–Crippen LogP) is 1.86. The molecule has 3 fully saturated rings. The fourth-order valence-electron chi connectivity index (χ4n) is 4.53. The molecule has 3 saturated heterocycles. The van der Waals surface area contributed by atoms with Crippen molar-refractivity contribution in [2.45, 2.75) is 31.8 Å². The molecular weight excluding hydrogens is 305 g/mol. The Hall–Kier alpha value is -1.46. The molecule has 0 spiro atoms.